The molecule has 0 bridgehead atoms. The standard InChI is InChI=1S/C58H101N5O7.2CH4/c1-3-5-7-9-11-13-15-17-19-21-23-25-27-29-31-36-46-63(47-37-32-30-28-26-24-22-20-18-16-14-12-10-8-6-4-2)55(66)44-43-53(64)59-49-60-57(68)51(62-58(69)52-40-42-54(65)61-52)41-45-56(67)70-48-50-38-34-33-35-39-50;;/h33-35,38-39,51-52H,3-32,36-37,40-49H2,1-2H3,(H,59,64)(H,60,68)(H,61,65)(H,62,69);2*1H4. The predicted molar refractivity (Wildman–Crippen MR) is 298 cm³/mol. The van der Waals surface area contributed by atoms with Gasteiger partial charge in [-0.25, -0.2) is 0 Å². The summed E-state index contributed by atoms with van der Waals surface area (Å²) in [5.74, 6) is -2.25. The molecule has 416 valence electrons. The fourth-order valence-corrected chi connectivity index (χ4v) is 9.31. The maximum absolute atomic E-state index is 13.6. The van der Waals surface area contributed by atoms with Crippen LogP contribution in [0.15, 0.2) is 30.3 Å². The summed E-state index contributed by atoms with van der Waals surface area (Å²) in [4.78, 5) is 79.0. The van der Waals surface area contributed by atoms with E-state index in [0.717, 1.165) is 31.2 Å². The molecule has 0 radical (unpaired) electrons. The van der Waals surface area contributed by atoms with Crippen LogP contribution in [0.1, 0.15) is 278 Å². The van der Waals surface area contributed by atoms with Gasteiger partial charge in [-0.3, -0.25) is 28.8 Å². The third kappa shape index (κ3) is 37.7. The van der Waals surface area contributed by atoms with E-state index in [1.165, 1.54) is 180 Å². The number of carbonyl (C=O) groups is 6. The van der Waals surface area contributed by atoms with E-state index < -0.39 is 29.9 Å². The second kappa shape index (κ2) is 48.0. The molecule has 1 aliphatic heterocycles. The average molecular weight is 1010 g/mol. The Morgan fingerprint density at radius 2 is 1.01 bits per heavy atom. The third-order valence-electron chi connectivity index (χ3n) is 13.9. The number of nitrogens with zero attached hydrogens (tertiary/aromatic N) is 1. The molecule has 12 heteroatoms. The van der Waals surface area contributed by atoms with Crippen LogP contribution in [-0.4, -0.2) is 72.2 Å². The second-order valence-corrected chi connectivity index (χ2v) is 20.2. The highest BCUT2D eigenvalue weighted by atomic mass is 16.5. The van der Waals surface area contributed by atoms with Gasteiger partial charge in [0.05, 0.1) is 6.67 Å². The molecule has 2 rings (SSSR count). The molecule has 2 unspecified atom stereocenters. The molecular formula is C60H109N5O7. The van der Waals surface area contributed by atoms with Gasteiger partial charge in [-0.2, -0.15) is 0 Å². The summed E-state index contributed by atoms with van der Waals surface area (Å²) in [6.07, 6.45) is 42.1. The Labute approximate surface area is 440 Å². The lowest BCUT2D eigenvalue weighted by atomic mass is 10.0. The van der Waals surface area contributed by atoms with Gasteiger partial charge in [-0.05, 0) is 31.2 Å². The van der Waals surface area contributed by atoms with Crippen molar-refractivity contribution in [1.29, 1.82) is 0 Å². The van der Waals surface area contributed by atoms with Crippen molar-refractivity contribution in [2.24, 2.45) is 0 Å². The van der Waals surface area contributed by atoms with Crippen molar-refractivity contribution in [2.75, 3.05) is 19.8 Å². The highest BCUT2D eigenvalue weighted by Crippen LogP contribution is 2.17. The first kappa shape index (κ1) is 68.0. The van der Waals surface area contributed by atoms with Gasteiger partial charge in [0.25, 0.3) is 0 Å². The lowest BCUT2D eigenvalue weighted by Gasteiger charge is -2.23. The van der Waals surface area contributed by atoms with E-state index in [2.05, 4.69) is 35.1 Å². The van der Waals surface area contributed by atoms with Crippen molar-refractivity contribution < 1.29 is 33.5 Å². The summed E-state index contributed by atoms with van der Waals surface area (Å²) in [7, 11) is 0. The topological polar surface area (TPSA) is 163 Å². The summed E-state index contributed by atoms with van der Waals surface area (Å²) >= 11 is 0. The molecule has 0 aliphatic carbocycles. The van der Waals surface area contributed by atoms with E-state index in [0.29, 0.717) is 19.5 Å². The van der Waals surface area contributed by atoms with Crippen LogP contribution in [0.3, 0.4) is 0 Å². The number of rotatable bonds is 47. The van der Waals surface area contributed by atoms with E-state index in [-0.39, 0.29) is 78.0 Å². The van der Waals surface area contributed by atoms with E-state index in [1.807, 2.05) is 35.2 Å². The molecule has 1 aromatic rings. The van der Waals surface area contributed by atoms with Crippen molar-refractivity contribution in [3.8, 4) is 0 Å². The van der Waals surface area contributed by atoms with Crippen LogP contribution in [0.4, 0.5) is 0 Å². The van der Waals surface area contributed by atoms with Gasteiger partial charge in [-0.1, -0.05) is 252 Å². The molecule has 1 heterocycles. The fourth-order valence-electron chi connectivity index (χ4n) is 9.31. The van der Waals surface area contributed by atoms with Crippen molar-refractivity contribution in [1.82, 2.24) is 26.2 Å². The lowest BCUT2D eigenvalue weighted by molar-refractivity contribution is -0.145. The average Bonchev–Trinajstić information content (AvgIpc) is 3.81. The summed E-state index contributed by atoms with van der Waals surface area (Å²) in [5, 5.41) is 10.6. The maximum Gasteiger partial charge on any atom is 0.306 e. The van der Waals surface area contributed by atoms with Gasteiger partial charge in [0.2, 0.25) is 29.5 Å². The molecule has 0 saturated carbocycles. The minimum absolute atomic E-state index is 0. The molecule has 1 fully saturated rings. The van der Waals surface area contributed by atoms with Crippen molar-refractivity contribution in [3.05, 3.63) is 35.9 Å². The van der Waals surface area contributed by atoms with Gasteiger partial charge >= 0.3 is 5.97 Å². The zero-order valence-electron chi connectivity index (χ0n) is 44.5. The minimum atomic E-state index is -1.10. The number of benzene rings is 1. The first-order valence-electron chi connectivity index (χ1n) is 28.8. The predicted octanol–water partition coefficient (Wildman–Crippen LogP) is 13.9. The van der Waals surface area contributed by atoms with Crippen molar-refractivity contribution in [3.63, 3.8) is 0 Å². The number of ether oxygens (including phenoxy) is 1. The van der Waals surface area contributed by atoms with Gasteiger partial charge in [0.15, 0.2) is 0 Å². The van der Waals surface area contributed by atoms with Crippen LogP contribution in [0.25, 0.3) is 0 Å². The summed E-state index contributed by atoms with van der Waals surface area (Å²) in [5.41, 5.74) is 0.825. The molecule has 5 amide bonds. The normalized spacial score (nSPS) is 13.3. The van der Waals surface area contributed by atoms with Crippen LogP contribution in [-0.2, 0) is 40.1 Å². The summed E-state index contributed by atoms with van der Waals surface area (Å²) < 4.78 is 5.36. The monoisotopic (exact) mass is 1010 g/mol. The molecule has 72 heavy (non-hydrogen) atoms. The lowest BCUT2D eigenvalue weighted by Crippen LogP contribution is -2.53. The number of carbonyl (C=O) groups excluding carboxylic acids is 6. The number of hydrogen-bond acceptors (Lipinski definition) is 7. The molecule has 2 atom stereocenters. The molecule has 4 N–H and O–H groups in total. The van der Waals surface area contributed by atoms with E-state index in [9.17, 15) is 28.8 Å². The molecule has 0 aromatic heterocycles. The first-order valence-corrected chi connectivity index (χ1v) is 28.8. The number of amides is 5. The second-order valence-electron chi connectivity index (χ2n) is 20.2. The Hall–Kier alpha value is -3.96. The molecular weight excluding hydrogens is 903 g/mol. The zero-order chi connectivity index (χ0) is 50.5. The molecule has 1 aromatic carbocycles. The minimum Gasteiger partial charge on any atom is -0.461 e. The third-order valence-corrected chi connectivity index (χ3v) is 13.9. The molecule has 0 spiro atoms. The van der Waals surface area contributed by atoms with Crippen molar-refractivity contribution >= 4 is 35.5 Å². The number of nitrogens with one attached hydrogen (secondary N) is 4. The van der Waals surface area contributed by atoms with Crippen LogP contribution in [0.5, 0.6) is 0 Å². The van der Waals surface area contributed by atoms with E-state index in [1.54, 1.807) is 0 Å². The van der Waals surface area contributed by atoms with Crippen LogP contribution in [0.2, 0.25) is 0 Å². The smallest absolute Gasteiger partial charge is 0.306 e. The fraction of sp³-hybridized carbons (Fsp3) is 0.800. The summed E-state index contributed by atoms with van der Waals surface area (Å²) in [6.45, 7) is 5.85. The number of unbranched alkanes of at least 4 members (excludes halogenated alkanes) is 30. The van der Waals surface area contributed by atoms with E-state index in [4.69, 9.17) is 4.74 Å². The summed E-state index contributed by atoms with van der Waals surface area (Å²) in [6, 6.07) is 7.37. The number of hydrogen-bond donors (Lipinski definition) is 4. The van der Waals surface area contributed by atoms with Gasteiger partial charge in [0, 0.05) is 38.8 Å². The Kier molecular flexibility index (Phi) is 45.4. The molecule has 12 nitrogen and oxygen atoms in total. The Bertz CT molecular complexity index is 1470. The van der Waals surface area contributed by atoms with Crippen LogP contribution in [0, 0.1) is 0 Å². The largest absolute Gasteiger partial charge is 0.461 e. The quantitative estimate of drug-likeness (QED) is 0.0287. The highest BCUT2D eigenvalue weighted by molar-refractivity contribution is 5.94. The highest BCUT2D eigenvalue weighted by Gasteiger charge is 2.31. The van der Waals surface area contributed by atoms with E-state index >= 15 is 0 Å². The Morgan fingerprint density at radius 1 is 0.583 bits per heavy atom. The van der Waals surface area contributed by atoms with Crippen LogP contribution >= 0.6 is 0 Å². The number of esters is 1. The van der Waals surface area contributed by atoms with Crippen LogP contribution < -0.4 is 21.3 Å². The zero-order valence-corrected chi connectivity index (χ0v) is 44.5. The Balaban J connectivity index is 0.0000252. The Morgan fingerprint density at radius 3 is 1.43 bits per heavy atom. The maximum atomic E-state index is 13.6. The molecule has 1 saturated heterocycles. The van der Waals surface area contributed by atoms with Gasteiger partial charge in [0.1, 0.15) is 18.7 Å². The van der Waals surface area contributed by atoms with Gasteiger partial charge in [-0.15, -0.1) is 0 Å². The van der Waals surface area contributed by atoms with Crippen molar-refractivity contribution in [2.45, 2.75) is 291 Å². The first-order chi connectivity index (χ1) is 34.2. The SMILES string of the molecule is C.C.CCCCCCCCCCCCCCCCCCN(CCCCCCCCCCCCCCCCCC)C(=O)CCC(=O)NCNC(=O)C(CCC(=O)OCc1ccccc1)NC(=O)C1CCC(=O)N1. The van der Waals surface area contributed by atoms with Gasteiger partial charge < -0.3 is 30.9 Å². The molecule has 1 aliphatic rings.